The minimum atomic E-state index is -0.385. The molecule has 0 N–H and O–H groups in total. The molecule has 1 saturated heterocycles. The van der Waals surface area contributed by atoms with Gasteiger partial charge in [-0.3, -0.25) is 4.79 Å². The predicted octanol–water partition coefficient (Wildman–Crippen LogP) is 2.35. The molecule has 0 amide bonds. The molecule has 0 radical (unpaired) electrons. The van der Waals surface area contributed by atoms with Crippen LogP contribution in [0.3, 0.4) is 0 Å². The molecule has 1 saturated carbocycles. The molecule has 2 aliphatic heterocycles. The molecule has 2 heterocycles. The van der Waals surface area contributed by atoms with Crippen molar-refractivity contribution in [3.63, 3.8) is 0 Å². The fourth-order valence-electron chi connectivity index (χ4n) is 3.66. The Morgan fingerprint density at radius 2 is 2.05 bits per heavy atom. The number of cyclic esters (lactones) is 1. The van der Waals surface area contributed by atoms with E-state index in [9.17, 15) is 9.59 Å². The summed E-state index contributed by atoms with van der Waals surface area (Å²) in [6, 6.07) is 0. The normalized spacial score (nSPS) is 41.6. The Balaban J connectivity index is 2.14. The van der Waals surface area contributed by atoms with Crippen molar-refractivity contribution in [3.8, 4) is 0 Å². The number of carbonyl (C=O) groups excluding carboxylic acids is 2. The molecule has 4 atom stereocenters. The zero-order valence-electron chi connectivity index (χ0n) is 11.5. The van der Waals surface area contributed by atoms with Gasteiger partial charge < -0.3 is 9.47 Å². The molecule has 0 aromatic heterocycles. The summed E-state index contributed by atoms with van der Waals surface area (Å²) in [6.45, 7) is 9.57. The molecule has 4 nitrogen and oxygen atoms in total. The average molecular weight is 262 g/mol. The topological polar surface area (TPSA) is 52.6 Å². The molecule has 3 rings (SSSR count). The van der Waals surface area contributed by atoms with Gasteiger partial charge >= 0.3 is 11.9 Å². The van der Waals surface area contributed by atoms with Crippen molar-refractivity contribution in [2.24, 2.45) is 17.3 Å². The summed E-state index contributed by atoms with van der Waals surface area (Å²) in [4.78, 5) is 23.7. The molecule has 0 aromatic carbocycles. The summed E-state index contributed by atoms with van der Waals surface area (Å²) in [7, 11) is 0. The highest BCUT2D eigenvalue weighted by Gasteiger charge is 2.56. The fraction of sp³-hybridized carbons (Fsp3) is 0.600. The van der Waals surface area contributed by atoms with Crippen LogP contribution in [-0.2, 0) is 19.1 Å². The van der Waals surface area contributed by atoms with E-state index in [1.165, 1.54) is 0 Å². The lowest BCUT2D eigenvalue weighted by atomic mass is 9.62. The van der Waals surface area contributed by atoms with Gasteiger partial charge in [0.15, 0.2) is 0 Å². The quantitative estimate of drug-likeness (QED) is 0.629. The van der Waals surface area contributed by atoms with E-state index in [0.717, 1.165) is 18.4 Å². The van der Waals surface area contributed by atoms with Crippen LogP contribution >= 0.6 is 0 Å². The molecule has 102 valence electrons. The van der Waals surface area contributed by atoms with Crippen LogP contribution in [0.2, 0.25) is 0 Å². The van der Waals surface area contributed by atoms with E-state index in [4.69, 9.17) is 9.47 Å². The molecule has 0 bridgehead atoms. The lowest BCUT2D eigenvalue weighted by molar-refractivity contribution is -0.145. The van der Waals surface area contributed by atoms with E-state index in [0.29, 0.717) is 11.3 Å². The van der Waals surface area contributed by atoms with Gasteiger partial charge in [0, 0.05) is 11.5 Å². The molecule has 4 heteroatoms. The lowest BCUT2D eigenvalue weighted by Gasteiger charge is -2.45. The Morgan fingerprint density at radius 3 is 2.74 bits per heavy atom. The first-order valence-electron chi connectivity index (χ1n) is 6.69. The van der Waals surface area contributed by atoms with Crippen LogP contribution in [0, 0.1) is 17.3 Å². The van der Waals surface area contributed by atoms with Crippen LogP contribution < -0.4 is 0 Å². The lowest BCUT2D eigenvalue weighted by Crippen LogP contribution is -2.43. The molecule has 19 heavy (non-hydrogen) atoms. The number of esters is 2. The van der Waals surface area contributed by atoms with E-state index >= 15 is 0 Å². The van der Waals surface area contributed by atoms with Crippen LogP contribution in [0.1, 0.15) is 33.6 Å². The molecule has 1 aliphatic carbocycles. The van der Waals surface area contributed by atoms with Gasteiger partial charge in [0.1, 0.15) is 11.9 Å². The smallest absolute Gasteiger partial charge is 0.338 e. The van der Waals surface area contributed by atoms with Crippen molar-refractivity contribution >= 4 is 11.9 Å². The van der Waals surface area contributed by atoms with Gasteiger partial charge in [0.2, 0.25) is 0 Å². The number of fused-ring (bicyclic) bond motifs is 3. The van der Waals surface area contributed by atoms with Crippen LogP contribution in [0.15, 0.2) is 23.5 Å². The average Bonchev–Trinajstić information content (AvgIpc) is 2.63. The minimum absolute atomic E-state index is 0.0962. The first kappa shape index (κ1) is 12.5. The Kier molecular flexibility index (Phi) is 2.43. The van der Waals surface area contributed by atoms with E-state index in [1.54, 1.807) is 6.92 Å². The molecular formula is C15H18O4. The van der Waals surface area contributed by atoms with Crippen molar-refractivity contribution in [1.82, 2.24) is 0 Å². The number of rotatable bonds is 0. The molecule has 3 aliphatic rings. The van der Waals surface area contributed by atoms with Gasteiger partial charge in [0.05, 0.1) is 11.3 Å². The van der Waals surface area contributed by atoms with Crippen LogP contribution in [0.5, 0.6) is 0 Å². The summed E-state index contributed by atoms with van der Waals surface area (Å²) in [6.07, 6.45) is 1.45. The fourth-order valence-corrected chi connectivity index (χ4v) is 3.66. The Morgan fingerprint density at radius 1 is 1.37 bits per heavy atom. The Hall–Kier alpha value is -1.58. The summed E-state index contributed by atoms with van der Waals surface area (Å²) >= 11 is 0. The van der Waals surface area contributed by atoms with E-state index in [2.05, 4.69) is 6.58 Å². The number of hydrogen-bond acceptors (Lipinski definition) is 4. The van der Waals surface area contributed by atoms with Gasteiger partial charge in [-0.2, -0.15) is 0 Å². The number of allylic oxidation sites excluding steroid dienone is 1. The van der Waals surface area contributed by atoms with E-state index in [-0.39, 0.29) is 35.3 Å². The third-order valence-electron chi connectivity index (χ3n) is 5.04. The molecular weight excluding hydrogens is 244 g/mol. The third-order valence-corrected chi connectivity index (χ3v) is 5.04. The van der Waals surface area contributed by atoms with Crippen LogP contribution in [0.4, 0.5) is 0 Å². The zero-order valence-corrected chi connectivity index (χ0v) is 11.5. The summed E-state index contributed by atoms with van der Waals surface area (Å²) in [5, 5.41) is 0. The first-order chi connectivity index (χ1) is 8.86. The number of hydrogen-bond donors (Lipinski definition) is 0. The first-order valence-corrected chi connectivity index (χ1v) is 6.69. The summed E-state index contributed by atoms with van der Waals surface area (Å²) in [5.41, 5.74) is 1.10. The SMILES string of the molecule is C=C1OC(=O)C(C)=C2[C@H]3OC(=O)[C@@H](C)[C@@H]3CC[C@@]12C. The predicted molar refractivity (Wildman–Crippen MR) is 67.8 cm³/mol. The molecule has 0 spiro atoms. The monoisotopic (exact) mass is 262 g/mol. The van der Waals surface area contributed by atoms with Crippen molar-refractivity contribution in [3.05, 3.63) is 23.5 Å². The maximum Gasteiger partial charge on any atom is 0.338 e. The standard InChI is InChI=1S/C15H18O4/c1-7-10-5-6-15(4)9(3)18-14(17)8(2)11(15)12(10)19-13(7)16/h7,10,12H,3,5-6H2,1-2,4H3/t7-,10-,12-,15-/m0/s1. The highest BCUT2D eigenvalue weighted by atomic mass is 16.6. The van der Waals surface area contributed by atoms with Gasteiger partial charge in [0.25, 0.3) is 0 Å². The third kappa shape index (κ3) is 1.46. The number of ether oxygens (including phenoxy) is 2. The van der Waals surface area contributed by atoms with Gasteiger partial charge in [-0.05, 0) is 32.3 Å². The highest BCUT2D eigenvalue weighted by molar-refractivity contribution is 5.92. The second kappa shape index (κ2) is 3.71. The maximum atomic E-state index is 11.9. The van der Waals surface area contributed by atoms with Crippen molar-refractivity contribution in [2.75, 3.05) is 0 Å². The minimum Gasteiger partial charge on any atom is -0.457 e. The number of carbonyl (C=O) groups is 2. The van der Waals surface area contributed by atoms with Gasteiger partial charge in [-0.15, -0.1) is 0 Å². The highest BCUT2D eigenvalue weighted by Crippen LogP contribution is 2.55. The summed E-state index contributed by atoms with van der Waals surface area (Å²) < 4.78 is 10.8. The van der Waals surface area contributed by atoms with Gasteiger partial charge in [-0.25, -0.2) is 4.79 Å². The largest absolute Gasteiger partial charge is 0.457 e. The second-order valence-electron chi connectivity index (χ2n) is 6.03. The van der Waals surface area contributed by atoms with Crippen LogP contribution in [0.25, 0.3) is 0 Å². The van der Waals surface area contributed by atoms with Crippen molar-refractivity contribution < 1.29 is 19.1 Å². The van der Waals surface area contributed by atoms with E-state index < -0.39 is 0 Å². The maximum absolute atomic E-state index is 11.9. The molecule has 0 aromatic rings. The zero-order chi connectivity index (χ0) is 13.9. The van der Waals surface area contributed by atoms with E-state index in [1.807, 2.05) is 13.8 Å². The van der Waals surface area contributed by atoms with Crippen molar-refractivity contribution in [2.45, 2.75) is 39.7 Å². The second-order valence-corrected chi connectivity index (χ2v) is 6.03. The van der Waals surface area contributed by atoms with Crippen LogP contribution in [-0.4, -0.2) is 18.0 Å². The molecule has 0 unspecified atom stereocenters. The Labute approximate surface area is 112 Å². The van der Waals surface area contributed by atoms with Gasteiger partial charge in [-0.1, -0.05) is 13.5 Å². The summed E-state index contributed by atoms with van der Waals surface area (Å²) in [5.74, 6) is 0.0234. The molecule has 2 fully saturated rings. The van der Waals surface area contributed by atoms with Crippen molar-refractivity contribution in [1.29, 1.82) is 0 Å². The Bertz CT molecular complexity index is 530.